The van der Waals surface area contributed by atoms with E-state index in [0.29, 0.717) is 23.7 Å². The SMILES string of the molecule is CC(C)c1cccc(C(C)C)c1NP(=O)(c1ccccc1)c1ccccc1.CC(C)c1cccc(C(C)C)c1[N-]P(=[OH+])(c1ccccc1)c1ccccc1.[CH2-]c1ccccc1.[CH2-]c1ccccc1.[CH2-]c1ccccc1.[CH2-]c1ccccc1.[CH2-]c1ccccc1.[CH2-]c1ccccc1.[CH2-]c1ccccc1.[Hf+4].[Hf]. The number of nitrogens with one attached hydrogen (secondary N) is 1. The smallest absolute Gasteiger partial charge is 0.576 e. The Morgan fingerprint density at radius 3 is 0.610 bits per heavy atom. The van der Waals surface area contributed by atoms with E-state index in [1.165, 1.54) is 22.3 Å². The molecule has 0 amide bonds. The zero-order valence-corrected chi connectivity index (χ0v) is 71.6. The standard InChI is InChI=1S/C24H28NOP.C24H27NOP.7C7H7.2Hf/c2*1-18(2)22-16-11-17-23(19(3)4)24(22)25-27(26,20-12-7-5-8-13-20)21-14-9-6-10-15-21;7*1-7-5-3-2-4-6-7;;/h5-19H,1-4H3,(H,25,26);5-19H,1-4H3;7*2-6H,1H2;;/q;8*-1;;+4/p+1. The molecule has 0 fully saturated rings. The van der Waals surface area contributed by atoms with Gasteiger partial charge in [0.1, 0.15) is 0 Å². The van der Waals surface area contributed by atoms with Crippen LogP contribution in [0.1, 0.15) is 140 Å². The molecule has 2 N–H and O–H groups in total. The fourth-order valence-electron chi connectivity index (χ4n) is 10.0. The van der Waals surface area contributed by atoms with Gasteiger partial charge in [0.15, 0.2) is 0 Å². The number of anilines is 1. The van der Waals surface area contributed by atoms with Crippen LogP contribution < -0.4 is 26.3 Å². The minimum Gasteiger partial charge on any atom is -0.576 e. The molecule has 0 bridgehead atoms. The number of nitrogens with zero attached hydrogens (tertiary/aromatic N) is 1. The first-order valence-electron chi connectivity index (χ1n) is 34.9. The van der Waals surface area contributed by atoms with Crippen LogP contribution in [0.3, 0.4) is 0 Å². The average molecular weight is 1750 g/mol. The minimum absolute atomic E-state index is 0. The van der Waals surface area contributed by atoms with Gasteiger partial charge in [-0.3, -0.25) is 4.57 Å². The molecule has 13 aromatic rings. The zero-order chi connectivity index (χ0) is 74.7. The van der Waals surface area contributed by atoms with Gasteiger partial charge in [0.2, 0.25) is 14.6 Å². The Bertz CT molecular complexity index is 3760. The first-order chi connectivity index (χ1) is 49.6. The van der Waals surface area contributed by atoms with Crippen LogP contribution in [0, 0.1) is 48.5 Å². The second-order valence-corrected chi connectivity index (χ2v) is 30.3. The normalized spacial score (nSPS) is 10.1. The van der Waals surface area contributed by atoms with Gasteiger partial charge in [-0.15, -0.1) is 90.6 Å². The number of para-hydroxylation sites is 1. The predicted octanol–water partition coefficient (Wildman–Crippen LogP) is 26.2. The van der Waals surface area contributed by atoms with Crippen LogP contribution in [0.2, 0.25) is 0 Å². The van der Waals surface area contributed by atoms with E-state index in [4.69, 9.17) is 5.09 Å². The zero-order valence-electron chi connectivity index (χ0n) is 62.7. The molecule has 0 unspecified atom stereocenters. The van der Waals surface area contributed by atoms with Crippen molar-refractivity contribution < 1.29 is 60.8 Å². The molecule has 536 valence electrons. The van der Waals surface area contributed by atoms with E-state index in [-0.39, 0.29) is 51.7 Å². The number of hydrogen-bond acceptors (Lipinski definition) is 1. The van der Waals surface area contributed by atoms with Crippen molar-refractivity contribution >= 4 is 47.2 Å². The van der Waals surface area contributed by atoms with Gasteiger partial charge >= 0.3 is 25.8 Å². The molecule has 13 aromatic carbocycles. The maximum absolute atomic E-state index is 14.4. The molecule has 105 heavy (non-hydrogen) atoms. The summed E-state index contributed by atoms with van der Waals surface area (Å²) in [5, 5.41) is 12.1. The molecule has 0 saturated heterocycles. The third-order valence-electron chi connectivity index (χ3n) is 15.6. The van der Waals surface area contributed by atoms with Gasteiger partial charge in [0.05, 0.1) is 10.6 Å². The van der Waals surface area contributed by atoms with Crippen LogP contribution in [0.25, 0.3) is 5.09 Å². The van der Waals surface area contributed by atoms with Gasteiger partial charge in [0, 0.05) is 42.1 Å². The molecule has 4 nitrogen and oxygen atoms in total. The van der Waals surface area contributed by atoms with Crippen LogP contribution in [0.15, 0.2) is 370 Å². The second-order valence-electron chi connectivity index (χ2n) is 25.4. The molecule has 0 heterocycles. The van der Waals surface area contributed by atoms with Gasteiger partial charge in [-0.25, -0.2) is 0 Å². The Morgan fingerprint density at radius 2 is 0.438 bits per heavy atom. The van der Waals surface area contributed by atoms with Gasteiger partial charge in [0.25, 0.3) is 0 Å². The summed E-state index contributed by atoms with van der Waals surface area (Å²) >= 11 is 0. The van der Waals surface area contributed by atoms with Crippen LogP contribution in [0.4, 0.5) is 11.4 Å². The average Bonchev–Trinajstić information content (AvgIpc) is 0.779. The summed E-state index contributed by atoms with van der Waals surface area (Å²) in [6.45, 7) is 43.5. The molecule has 0 spiro atoms. The molecule has 0 aliphatic rings. The molecule has 8 heteroatoms. The minimum atomic E-state index is -3.03. The molecular weight excluding hydrogens is 1640 g/mol. The molecule has 13 rings (SSSR count). The van der Waals surface area contributed by atoms with Gasteiger partial charge in [-0.05, 0) is 83.3 Å². The fourth-order valence-corrected chi connectivity index (χ4v) is 14.6. The maximum Gasteiger partial charge on any atom is 4.00 e. The van der Waals surface area contributed by atoms with Gasteiger partial charge in [-0.1, -0.05) is 218 Å². The van der Waals surface area contributed by atoms with Gasteiger partial charge in [-0.2, -0.15) is 172 Å². The van der Waals surface area contributed by atoms with Crippen molar-refractivity contribution in [2.75, 3.05) is 5.09 Å². The summed E-state index contributed by atoms with van der Waals surface area (Å²) in [6.07, 6.45) is 0. The van der Waals surface area contributed by atoms with Crippen LogP contribution in [-0.4, -0.2) is 4.57 Å². The van der Waals surface area contributed by atoms with Crippen molar-refractivity contribution in [3.8, 4) is 0 Å². The van der Waals surface area contributed by atoms with E-state index in [0.717, 1.165) is 71.5 Å². The van der Waals surface area contributed by atoms with E-state index in [1.807, 2.05) is 334 Å². The number of rotatable bonds is 12. The summed E-state index contributed by atoms with van der Waals surface area (Å²) in [6, 6.07) is 121. The predicted molar refractivity (Wildman–Crippen MR) is 453 cm³/mol. The van der Waals surface area contributed by atoms with Crippen molar-refractivity contribution in [1.82, 2.24) is 0 Å². The quantitative estimate of drug-likeness (QED) is 0.0573. The van der Waals surface area contributed by atoms with E-state index in [2.05, 4.69) is 145 Å². The molecule has 0 atom stereocenters. The fraction of sp³-hybridized carbons (Fsp3) is 0.124. The van der Waals surface area contributed by atoms with Crippen LogP contribution in [-0.2, 0) is 56.3 Å². The largest absolute Gasteiger partial charge is 4.00 e. The Labute approximate surface area is 671 Å². The van der Waals surface area contributed by atoms with E-state index in [9.17, 15) is 9.13 Å². The Hall–Kier alpha value is -9.25. The summed E-state index contributed by atoms with van der Waals surface area (Å²) in [4.78, 5) is 0. The molecule has 0 aliphatic heterocycles. The van der Waals surface area contributed by atoms with Crippen molar-refractivity contribution in [3.05, 3.63) is 485 Å². The third-order valence-corrected chi connectivity index (χ3v) is 20.7. The Balaban J connectivity index is 0.000000333. The summed E-state index contributed by atoms with van der Waals surface area (Å²) < 4.78 is 26.4. The molecule has 0 radical (unpaired) electrons. The monoisotopic (exact) mass is 1750 g/mol. The first kappa shape index (κ1) is 90.0. The van der Waals surface area contributed by atoms with Crippen molar-refractivity contribution in [3.63, 3.8) is 0 Å². The van der Waals surface area contributed by atoms with E-state index >= 15 is 0 Å². The van der Waals surface area contributed by atoms with Crippen LogP contribution >= 0.6 is 14.6 Å². The Morgan fingerprint density at radius 1 is 0.267 bits per heavy atom. The van der Waals surface area contributed by atoms with Crippen molar-refractivity contribution in [1.29, 1.82) is 0 Å². The van der Waals surface area contributed by atoms with Crippen molar-refractivity contribution in [2.45, 2.75) is 79.1 Å². The summed E-state index contributed by atoms with van der Waals surface area (Å²) in [5.41, 5.74) is 14.2. The summed E-state index contributed by atoms with van der Waals surface area (Å²) in [5.74, 6) is 1.35. The Kier molecular flexibility index (Phi) is 43.0. The molecule has 0 aromatic heterocycles. The van der Waals surface area contributed by atoms with E-state index < -0.39 is 14.6 Å². The van der Waals surface area contributed by atoms with Crippen LogP contribution in [0.5, 0.6) is 0 Å². The van der Waals surface area contributed by atoms with Gasteiger partial charge < -0.3 is 14.7 Å². The molecular formula is C97H105Hf2N2O2P2-3. The van der Waals surface area contributed by atoms with E-state index in [1.54, 1.807) is 0 Å². The second kappa shape index (κ2) is 50.2. The maximum atomic E-state index is 14.4. The number of hydrogen-bond donors (Lipinski definition) is 1. The topological polar surface area (TPSA) is 64.6 Å². The summed E-state index contributed by atoms with van der Waals surface area (Å²) in [7, 11) is -5.93. The number of benzene rings is 13. The third kappa shape index (κ3) is 33.2. The molecule has 0 aliphatic carbocycles. The molecule has 0 saturated carbocycles. The van der Waals surface area contributed by atoms with Crippen molar-refractivity contribution in [2.24, 2.45) is 0 Å². The first-order valence-corrected chi connectivity index (χ1v) is 38.3.